The zero-order chi connectivity index (χ0) is 24.0. The molecule has 0 saturated heterocycles. The predicted molar refractivity (Wildman–Crippen MR) is 134 cm³/mol. The summed E-state index contributed by atoms with van der Waals surface area (Å²) in [7, 11) is 0. The fraction of sp³-hybridized carbons (Fsp3) is 0.440. The van der Waals surface area contributed by atoms with Gasteiger partial charge in [-0.05, 0) is 55.2 Å². The van der Waals surface area contributed by atoms with E-state index >= 15 is 0 Å². The van der Waals surface area contributed by atoms with Gasteiger partial charge in [-0.15, -0.1) is 11.3 Å². The fourth-order valence-corrected chi connectivity index (χ4v) is 6.02. The smallest absolute Gasteiger partial charge is 0.365 e. The second-order valence-electron chi connectivity index (χ2n) is 9.83. The molecule has 0 fully saturated rings. The van der Waals surface area contributed by atoms with Crippen molar-refractivity contribution in [1.29, 1.82) is 0 Å². The molecule has 178 valence electrons. The van der Waals surface area contributed by atoms with Crippen molar-refractivity contribution < 1.29 is 9.53 Å². The second-order valence-corrected chi connectivity index (χ2v) is 10.9. The van der Waals surface area contributed by atoms with Gasteiger partial charge in [0.1, 0.15) is 23.5 Å². The third kappa shape index (κ3) is 3.98. The van der Waals surface area contributed by atoms with Crippen LogP contribution in [0.3, 0.4) is 0 Å². The van der Waals surface area contributed by atoms with Crippen molar-refractivity contribution in [2.45, 2.75) is 53.5 Å². The summed E-state index contributed by atoms with van der Waals surface area (Å²) in [6.07, 6.45) is 4.68. The van der Waals surface area contributed by atoms with E-state index < -0.39 is 5.69 Å². The summed E-state index contributed by atoms with van der Waals surface area (Å²) >= 11 is 1.70. The number of ether oxygens (including phenoxy) is 1. The van der Waals surface area contributed by atoms with Crippen molar-refractivity contribution in [3.8, 4) is 5.75 Å². The van der Waals surface area contributed by atoms with Crippen molar-refractivity contribution in [2.75, 3.05) is 11.9 Å². The van der Waals surface area contributed by atoms with Gasteiger partial charge in [-0.1, -0.05) is 32.9 Å². The number of aryl methyl sites for hydroxylation is 1. The van der Waals surface area contributed by atoms with Gasteiger partial charge < -0.3 is 10.1 Å². The number of rotatable bonds is 5. The molecule has 5 rings (SSSR count). The zero-order valence-electron chi connectivity index (χ0n) is 19.9. The summed E-state index contributed by atoms with van der Waals surface area (Å²) in [5.74, 6) is 0.870. The number of nitrogens with zero attached hydrogens (tertiary/aromatic N) is 4. The number of nitrogens with one attached hydrogen (secondary N) is 1. The lowest BCUT2D eigenvalue weighted by molar-refractivity contribution is -0.117. The Morgan fingerprint density at radius 2 is 2.09 bits per heavy atom. The Kier molecular flexibility index (Phi) is 5.67. The van der Waals surface area contributed by atoms with E-state index in [1.165, 1.54) is 15.1 Å². The largest absolute Gasteiger partial charge is 0.492 e. The SMILES string of the molecule is CCOc1ccccc1NC(=O)Cn1c(=O)nc2c3c4c(sc3ncn21)C[C@@H](C(C)(C)C)CC4. The summed E-state index contributed by atoms with van der Waals surface area (Å²) in [5.41, 5.74) is 2.18. The highest BCUT2D eigenvalue weighted by Crippen LogP contribution is 2.43. The summed E-state index contributed by atoms with van der Waals surface area (Å²) in [5, 5.41) is 3.80. The molecular weight excluding hydrogens is 450 g/mol. The molecule has 4 aromatic rings. The Balaban J connectivity index is 1.48. The van der Waals surface area contributed by atoms with Crippen LogP contribution < -0.4 is 15.7 Å². The first-order valence-corrected chi connectivity index (χ1v) is 12.5. The maximum absolute atomic E-state index is 12.8. The van der Waals surface area contributed by atoms with E-state index in [1.54, 1.807) is 34.3 Å². The maximum Gasteiger partial charge on any atom is 0.365 e. The normalized spacial score (nSPS) is 16.1. The average molecular weight is 480 g/mol. The van der Waals surface area contributed by atoms with Gasteiger partial charge in [0.2, 0.25) is 5.91 Å². The number of carbonyl (C=O) groups excluding carboxylic acids is 1. The highest BCUT2D eigenvalue weighted by molar-refractivity contribution is 7.19. The van der Waals surface area contributed by atoms with Crippen LogP contribution in [0, 0.1) is 11.3 Å². The molecule has 3 heterocycles. The number of aromatic nitrogens is 4. The number of benzene rings is 1. The Labute approximate surface area is 201 Å². The van der Waals surface area contributed by atoms with Gasteiger partial charge in [0.25, 0.3) is 0 Å². The standard InChI is InChI=1S/C25H29N5O3S/c1-5-33-18-9-7-6-8-17(18)27-20(31)13-29-24(32)28-22-21-16-11-10-15(25(2,3)4)12-19(16)34-23(21)26-14-30(22)29/h6-9,14-15H,5,10-13H2,1-4H3,(H,27,31)/t15-/m0/s1. The first kappa shape index (κ1) is 22.6. The van der Waals surface area contributed by atoms with Crippen LogP contribution in [0.4, 0.5) is 5.69 Å². The molecule has 0 aliphatic heterocycles. The first-order valence-electron chi connectivity index (χ1n) is 11.7. The lowest BCUT2D eigenvalue weighted by Crippen LogP contribution is -2.28. The molecule has 1 amide bonds. The van der Waals surface area contributed by atoms with E-state index in [0.29, 0.717) is 29.6 Å². The van der Waals surface area contributed by atoms with Crippen LogP contribution in [0.15, 0.2) is 35.4 Å². The number of hydrogen-bond donors (Lipinski definition) is 1. The van der Waals surface area contributed by atoms with E-state index in [0.717, 1.165) is 29.5 Å². The van der Waals surface area contributed by atoms with Crippen LogP contribution in [0.5, 0.6) is 5.75 Å². The van der Waals surface area contributed by atoms with Crippen LogP contribution in [-0.4, -0.2) is 31.7 Å². The van der Waals surface area contributed by atoms with E-state index in [-0.39, 0.29) is 17.9 Å². The fourth-order valence-electron chi connectivity index (χ4n) is 4.75. The van der Waals surface area contributed by atoms with Gasteiger partial charge in [-0.2, -0.15) is 4.98 Å². The molecule has 1 N–H and O–H groups in total. The van der Waals surface area contributed by atoms with Gasteiger partial charge in [0.05, 0.1) is 17.7 Å². The molecule has 0 radical (unpaired) electrons. The van der Waals surface area contributed by atoms with Crippen molar-refractivity contribution in [3.05, 3.63) is 51.5 Å². The zero-order valence-corrected chi connectivity index (χ0v) is 20.7. The van der Waals surface area contributed by atoms with Crippen LogP contribution in [0.2, 0.25) is 0 Å². The van der Waals surface area contributed by atoms with E-state index in [9.17, 15) is 9.59 Å². The highest BCUT2D eigenvalue weighted by atomic mass is 32.1. The molecule has 0 spiro atoms. The topological polar surface area (TPSA) is 90.5 Å². The van der Waals surface area contributed by atoms with Crippen molar-refractivity contribution in [2.24, 2.45) is 11.3 Å². The molecule has 8 nitrogen and oxygen atoms in total. The molecule has 1 aliphatic carbocycles. The number of fused-ring (bicyclic) bond motifs is 5. The molecule has 34 heavy (non-hydrogen) atoms. The average Bonchev–Trinajstić information content (AvgIpc) is 3.31. The predicted octanol–water partition coefficient (Wildman–Crippen LogP) is 4.29. The molecule has 0 unspecified atom stereocenters. The first-order chi connectivity index (χ1) is 16.3. The minimum absolute atomic E-state index is 0.175. The molecule has 9 heteroatoms. The van der Waals surface area contributed by atoms with Crippen LogP contribution in [0.1, 0.15) is 44.6 Å². The Bertz CT molecular complexity index is 1440. The Hall–Kier alpha value is -3.20. The van der Waals surface area contributed by atoms with Gasteiger partial charge in [0, 0.05) is 4.88 Å². The third-order valence-corrected chi connectivity index (χ3v) is 7.80. The molecular formula is C25H29N5O3S. The molecule has 1 aromatic carbocycles. The van der Waals surface area contributed by atoms with E-state index in [4.69, 9.17) is 4.74 Å². The lowest BCUT2D eigenvalue weighted by atomic mass is 9.72. The van der Waals surface area contributed by atoms with Crippen molar-refractivity contribution in [1.82, 2.24) is 19.2 Å². The Morgan fingerprint density at radius 1 is 1.29 bits per heavy atom. The van der Waals surface area contributed by atoms with Gasteiger partial charge in [-0.25, -0.2) is 19.0 Å². The number of amides is 1. The van der Waals surface area contributed by atoms with Crippen LogP contribution in [0.25, 0.3) is 15.9 Å². The molecule has 1 atom stereocenters. The van der Waals surface area contributed by atoms with Gasteiger partial charge >= 0.3 is 5.69 Å². The summed E-state index contributed by atoms with van der Waals surface area (Å²) < 4.78 is 8.52. The lowest BCUT2D eigenvalue weighted by Gasteiger charge is -2.33. The molecule has 1 aliphatic rings. The quantitative estimate of drug-likeness (QED) is 0.461. The van der Waals surface area contributed by atoms with E-state index in [1.807, 2.05) is 19.1 Å². The molecule has 0 bridgehead atoms. The van der Waals surface area contributed by atoms with Gasteiger partial charge in [-0.3, -0.25) is 4.79 Å². The summed E-state index contributed by atoms with van der Waals surface area (Å²) in [6.45, 7) is 9.09. The number of para-hydroxylation sites is 2. The summed E-state index contributed by atoms with van der Waals surface area (Å²) in [4.78, 5) is 36.8. The number of thiophene rings is 1. The van der Waals surface area contributed by atoms with Gasteiger partial charge in [0.15, 0.2) is 5.65 Å². The van der Waals surface area contributed by atoms with Crippen molar-refractivity contribution >= 4 is 38.8 Å². The summed E-state index contributed by atoms with van der Waals surface area (Å²) in [6, 6.07) is 7.23. The second kappa shape index (κ2) is 8.54. The van der Waals surface area contributed by atoms with Crippen molar-refractivity contribution in [3.63, 3.8) is 0 Å². The third-order valence-electron chi connectivity index (χ3n) is 6.63. The highest BCUT2D eigenvalue weighted by Gasteiger charge is 2.32. The number of hydrogen-bond acceptors (Lipinski definition) is 6. The Morgan fingerprint density at radius 3 is 2.85 bits per heavy atom. The molecule has 3 aromatic heterocycles. The monoisotopic (exact) mass is 479 g/mol. The minimum Gasteiger partial charge on any atom is -0.492 e. The maximum atomic E-state index is 12.8. The number of carbonyl (C=O) groups is 1. The minimum atomic E-state index is -0.467. The number of anilines is 1. The van der Waals surface area contributed by atoms with Crippen LogP contribution in [-0.2, 0) is 24.2 Å². The van der Waals surface area contributed by atoms with Crippen LogP contribution >= 0.6 is 11.3 Å². The molecule has 0 saturated carbocycles. The van der Waals surface area contributed by atoms with E-state index in [2.05, 4.69) is 36.1 Å².